The van der Waals surface area contributed by atoms with Crippen LogP contribution in [0.1, 0.15) is 18.4 Å². The van der Waals surface area contributed by atoms with E-state index in [2.05, 4.69) is 5.32 Å². The Morgan fingerprint density at radius 3 is 2.79 bits per heavy atom. The number of rotatable bonds is 4. The molecule has 2 rings (SSSR count). The zero-order valence-corrected chi connectivity index (χ0v) is 7.96. The van der Waals surface area contributed by atoms with Crippen LogP contribution in [0, 0.1) is 5.82 Å². The van der Waals surface area contributed by atoms with Gasteiger partial charge in [0, 0.05) is 12.1 Å². The molecule has 2 nitrogen and oxygen atoms in total. The lowest BCUT2D eigenvalue weighted by Crippen LogP contribution is -2.19. The summed E-state index contributed by atoms with van der Waals surface area (Å²) in [4.78, 5) is 0. The molecule has 1 saturated carbocycles. The van der Waals surface area contributed by atoms with Gasteiger partial charge in [-0.25, -0.2) is 4.39 Å². The third-order valence-corrected chi connectivity index (χ3v) is 2.37. The van der Waals surface area contributed by atoms with Gasteiger partial charge >= 0.3 is 0 Å². The van der Waals surface area contributed by atoms with Crippen molar-refractivity contribution >= 4 is 0 Å². The molecule has 76 valence electrons. The first kappa shape index (κ1) is 9.46. The van der Waals surface area contributed by atoms with Gasteiger partial charge in [0.1, 0.15) is 11.6 Å². The van der Waals surface area contributed by atoms with Gasteiger partial charge in [-0.05, 0) is 43.5 Å². The second-order valence-electron chi connectivity index (χ2n) is 3.80. The van der Waals surface area contributed by atoms with Crippen molar-refractivity contribution in [2.75, 3.05) is 6.54 Å². The SMILES string of the molecule is Oc1cc(F)cc(CCNC2CC2)c1. The van der Waals surface area contributed by atoms with Crippen LogP contribution in [0.5, 0.6) is 5.75 Å². The van der Waals surface area contributed by atoms with E-state index in [-0.39, 0.29) is 11.6 Å². The predicted octanol–water partition coefficient (Wildman–Crippen LogP) is 1.83. The molecule has 0 saturated heterocycles. The Morgan fingerprint density at radius 1 is 1.36 bits per heavy atom. The third-order valence-electron chi connectivity index (χ3n) is 2.37. The highest BCUT2D eigenvalue weighted by atomic mass is 19.1. The van der Waals surface area contributed by atoms with Gasteiger partial charge in [0.15, 0.2) is 0 Å². The van der Waals surface area contributed by atoms with E-state index in [9.17, 15) is 4.39 Å². The number of halogens is 1. The van der Waals surface area contributed by atoms with Crippen LogP contribution in [-0.4, -0.2) is 17.7 Å². The molecule has 0 bridgehead atoms. The molecule has 3 heteroatoms. The second-order valence-corrected chi connectivity index (χ2v) is 3.80. The summed E-state index contributed by atoms with van der Waals surface area (Å²) in [6, 6.07) is 4.88. The Balaban J connectivity index is 1.87. The van der Waals surface area contributed by atoms with Gasteiger partial charge in [0.05, 0.1) is 0 Å². The van der Waals surface area contributed by atoms with E-state index < -0.39 is 0 Å². The van der Waals surface area contributed by atoms with Gasteiger partial charge in [0.25, 0.3) is 0 Å². The smallest absolute Gasteiger partial charge is 0.127 e. The minimum absolute atomic E-state index is 0.00595. The average molecular weight is 195 g/mol. The van der Waals surface area contributed by atoms with Gasteiger partial charge in [-0.15, -0.1) is 0 Å². The summed E-state index contributed by atoms with van der Waals surface area (Å²) < 4.78 is 12.8. The Hall–Kier alpha value is -1.09. The number of phenols is 1. The molecule has 1 aromatic rings. The number of phenolic OH excluding ortho intramolecular Hbond substituents is 1. The van der Waals surface area contributed by atoms with Gasteiger partial charge in [-0.3, -0.25) is 0 Å². The molecule has 2 N–H and O–H groups in total. The van der Waals surface area contributed by atoms with E-state index in [4.69, 9.17) is 5.11 Å². The number of hydrogen-bond acceptors (Lipinski definition) is 2. The molecular weight excluding hydrogens is 181 g/mol. The van der Waals surface area contributed by atoms with Crippen molar-refractivity contribution in [3.63, 3.8) is 0 Å². The van der Waals surface area contributed by atoms with Gasteiger partial charge in [-0.1, -0.05) is 0 Å². The van der Waals surface area contributed by atoms with Crippen molar-refractivity contribution in [1.29, 1.82) is 0 Å². The molecule has 1 fully saturated rings. The monoisotopic (exact) mass is 195 g/mol. The fourth-order valence-corrected chi connectivity index (χ4v) is 1.49. The van der Waals surface area contributed by atoms with E-state index >= 15 is 0 Å². The summed E-state index contributed by atoms with van der Waals surface area (Å²) in [6.07, 6.45) is 3.28. The Morgan fingerprint density at radius 2 is 2.14 bits per heavy atom. The summed E-state index contributed by atoms with van der Waals surface area (Å²) in [7, 11) is 0. The first-order valence-electron chi connectivity index (χ1n) is 4.96. The van der Waals surface area contributed by atoms with Crippen LogP contribution in [0.4, 0.5) is 4.39 Å². The van der Waals surface area contributed by atoms with Crippen LogP contribution >= 0.6 is 0 Å². The van der Waals surface area contributed by atoms with E-state index in [0.29, 0.717) is 6.04 Å². The lowest BCUT2D eigenvalue weighted by Gasteiger charge is -2.03. The second kappa shape index (κ2) is 3.96. The molecule has 0 unspecified atom stereocenters. The molecule has 1 aliphatic carbocycles. The quantitative estimate of drug-likeness (QED) is 0.768. The Bertz CT molecular complexity index is 303. The highest BCUT2D eigenvalue weighted by Gasteiger charge is 2.19. The lowest BCUT2D eigenvalue weighted by molar-refractivity contribution is 0.468. The summed E-state index contributed by atoms with van der Waals surface area (Å²) in [5, 5.41) is 12.5. The fourth-order valence-electron chi connectivity index (χ4n) is 1.49. The summed E-state index contributed by atoms with van der Waals surface area (Å²) in [5.74, 6) is -0.363. The summed E-state index contributed by atoms with van der Waals surface area (Å²) in [5.41, 5.74) is 0.843. The van der Waals surface area contributed by atoms with E-state index in [1.165, 1.54) is 18.9 Å². The molecule has 0 spiro atoms. The Labute approximate surface area is 82.8 Å². The van der Waals surface area contributed by atoms with Crippen molar-refractivity contribution in [1.82, 2.24) is 5.32 Å². The molecule has 1 aliphatic rings. The molecule has 0 aliphatic heterocycles. The van der Waals surface area contributed by atoms with Crippen molar-refractivity contribution < 1.29 is 9.50 Å². The van der Waals surface area contributed by atoms with Crippen LogP contribution < -0.4 is 5.32 Å². The molecule has 0 amide bonds. The van der Waals surface area contributed by atoms with Crippen LogP contribution in [0.25, 0.3) is 0 Å². The maximum absolute atomic E-state index is 12.8. The lowest BCUT2D eigenvalue weighted by atomic mass is 10.1. The van der Waals surface area contributed by atoms with E-state index in [1.807, 2.05) is 0 Å². The van der Waals surface area contributed by atoms with Crippen LogP contribution in [0.3, 0.4) is 0 Å². The Kier molecular flexibility index (Phi) is 2.68. The predicted molar refractivity (Wildman–Crippen MR) is 52.8 cm³/mol. The maximum atomic E-state index is 12.8. The largest absolute Gasteiger partial charge is 0.508 e. The van der Waals surface area contributed by atoms with Crippen molar-refractivity contribution in [2.24, 2.45) is 0 Å². The minimum atomic E-state index is -0.369. The molecule has 0 aromatic heterocycles. The molecule has 0 atom stereocenters. The summed E-state index contributed by atoms with van der Waals surface area (Å²) >= 11 is 0. The molecule has 14 heavy (non-hydrogen) atoms. The first-order valence-corrected chi connectivity index (χ1v) is 4.96. The van der Waals surface area contributed by atoms with Crippen molar-refractivity contribution in [2.45, 2.75) is 25.3 Å². The van der Waals surface area contributed by atoms with Gasteiger partial charge in [-0.2, -0.15) is 0 Å². The number of aromatic hydroxyl groups is 1. The topological polar surface area (TPSA) is 32.3 Å². The molecule has 0 heterocycles. The summed E-state index contributed by atoms with van der Waals surface area (Å²) in [6.45, 7) is 0.855. The van der Waals surface area contributed by atoms with Crippen LogP contribution in [0.15, 0.2) is 18.2 Å². The maximum Gasteiger partial charge on any atom is 0.127 e. The van der Waals surface area contributed by atoms with E-state index in [1.54, 1.807) is 6.07 Å². The standard InChI is InChI=1S/C11H14FNO/c12-9-5-8(6-11(14)7-9)3-4-13-10-1-2-10/h5-7,10,13-14H,1-4H2. The third kappa shape index (κ3) is 2.70. The van der Waals surface area contributed by atoms with Crippen molar-refractivity contribution in [3.8, 4) is 5.75 Å². The number of nitrogens with one attached hydrogen (secondary N) is 1. The number of benzene rings is 1. The normalized spacial score (nSPS) is 15.8. The zero-order chi connectivity index (χ0) is 9.97. The zero-order valence-electron chi connectivity index (χ0n) is 7.96. The molecule has 0 radical (unpaired) electrons. The first-order chi connectivity index (χ1) is 6.74. The highest BCUT2D eigenvalue weighted by Crippen LogP contribution is 2.19. The van der Waals surface area contributed by atoms with E-state index in [0.717, 1.165) is 24.6 Å². The van der Waals surface area contributed by atoms with Crippen LogP contribution in [-0.2, 0) is 6.42 Å². The minimum Gasteiger partial charge on any atom is -0.508 e. The molecule has 1 aromatic carbocycles. The van der Waals surface area contributed by atoms with Crippen LogP contribution in [0.2, 0.25) is 0 Å². The number of hydrogen-bond donors (Lipinski definition) is 2. The average Bonchev–Trinajstić information content (AvgIpc) is 2.86. The highest BCUT2D eigenvalue weighted by molar-refractivity contribution is 5.28. The molecular formula is C11H14FNO. The fraction of sp³-hybridized carbons (Fsp3) is 0.455. The van der Waals surface area contributed by atoms with Crippen molar-refractivity contribution in [3.05, 3.63) is 29.6 Å². The van der Waals surface area contributed by atoms with Gasteiger partial charge in [0.2, 0.25) is 0 Å². The van der Waals surface area contributed by atoms with Gasteiger partial charge < -0.3 is 10.4 Å².